The molecular formula is C13H18N4OS. The number of thiophene rings is 1. The molecule has 19 heavy (non-hydrogen) atoms. The Labute approximate surface area is 116 Å². The highest BCUT2D eigenvalue weighted by molar-refractivity contribution is 7.10. The van der Waals surface area contributed by atoms with Crippen molar-refractivity contribution in [3.63, 3.8) is 0 Å². The van der Waals surface area contributed by atoms with E-state index in [1.165, 1.54) is 6.92 Å². The summed E-state index contributed by atoms with van der Waals surface area (Å²) in [5, 5.41) is 12.4. The maximum absolute atomic E-state index is 11.1. The van der Waals surface area contributed by atoms with Crippen LogP contribution in [0.1, 0.15) is 31.7 Å². The molecule has 102 valence electrons. The van der Waals surface area contributed by atoms with E-state index in [9.17, 15) is 4.79 Å². The first kappa shape index (κ1) is 13.6. The van der Waals surface area contributed by atoms with Crippen molar-refractivity contribution in [1.29, 1.82) is 0 Å². The molecule has 1 amide bonds. The molecule has 0 saturated heterocycles. The molecular weight excluding hydrogens is 260 g/mol. The fourth-order valence-electron chi connectivity index (χ4n) is 1.67. The molecule has 0 aromatic carbocycles. The number of carbonyl (C=O) groups is 1. The van der Waals surface area contributed by atoms with Gasteiger partial charge in [-0.1, -0.05) is 0 Å². The lowest BCUT2D eigenvalue weighted by Gasteiger charge is -2.06. The van der Waals surface area contributed by atoms with Crippen LogP contribution in [-0.2, 0) is 11.3 Å². The molecule has 0 aliphatic rings. The molecule has 0 bridgehead atoms. The summed E-state index contributed by atoms with van der Waals surface area (Å²) in [6.07, 6.45) is 3.79. The van der Waals surface area contributed by atoms with Crippen LogP contribution in [0.5, 0.6) is 0 Å². The van der Waals surface area contributed by atoms with Gasteiger partial charge in [-0.3, -0.25) is 9.48 Å². The first-order chi connectivity index (χ1) is 9.06. The number of carbonyl (C=O) groups excluding carboxylic acids is 1. The van der Waals surface area contributed by atoms with Gasteiger partial charge in [0.2, 0.25) is 5.91 Å². The SMILES string of the molecule is CC(=O)Nc1ccsc1CNc1cnn(C(C)C)c1. The molecule has 6 heteroatoms. The number of anilines is 2. The van der Waals surface area contributed by atoms with Gasteiger partial charge in [0.25, 0.3) is 0 Å². The standard InChI is InChI=1S/C13H18N4OS/c1-9(2)17-8-11(6-15-17)14-7-13-12(4-5-19-13)16-10(3)18/h4-6,8-9,14H,7H2,1-3H3,(H,16,18). The Hall–Kier alpha value is -1.82. The third-order valence-corrected chi connectivity index (χ3v) is 3.56. The first-order valence-corrected chi connectivity index (χ1v) is 7.06. The Balaban J connectivity index is 1.98. The van der Waals surface area contributed by atoms with E-state index in [2.05, 4.69) is 29.6 Å². The van der Waals surface area contributed by atoms with Gasteiger partial charge in [-0.15, -0.1) is 11.3 Å². The normalized spacial score (nSPS) is 10.7. The Morgan fingerprint density at radius 1 is 1.53 bits per heavy atom. The number of nitrogens with zero attached hydrogens (tertiary/aromatic N) is 2. The molecule has 2 aromatic rings. The van der Waals surface area contributed by atoms with E-state index in [-0.39, 0.29) is 5.91 Å². The maximum Gasteiger partial charge on any atom is 0.221 e. The summed E-state index contributed by atoms with van der Waals surface area (Å²) in [7, 11) is 0. The van der Waals surface area contributed by atoms with Gasteiger partial charge >= 0.3 is 0 Å². The lowest BCUT2D eigenvalue weighted by atomic mass is 10.3. The summed E-state index contributed by atoms with van der Waals surface area (Å²) < 4.78 is 1.91. The highest BCUT2D eigenvalue weighted by atomic mass is 32.1. The van der Waals surface area contributed by atoms with E-state index in [1.54, 1.807) is 11.3 Å². The van der Waals surface area contributed by atoms with E-state index in [0.717, 1.165) is 16.3 Å². The lowest BCUT2D eigenvalue weighted by Crippen LogP contribution is -2.08. The topological polar surface area (TPSA) is 59.0 Å². The van der Waals surface area contributed by atoms with Crippen LogP contribution in [0.15, 0.2) is 23.8 Å². The van der Waals surface area contributed by atoms with Crippen LogP contribution in [0.4, 0.5) is 11.4 Å². The summed E-state index contributed by atoms with van der Waals surface area (Å²) in [6.45, 7) is 6.37. The van der Waals surface area contributed by atoms with E-state index in [1.807, 2.05) is 28.5 Å². The third kappa shape index (κ3) is 3.57. The van der Waals surface area contributed by atoms with Crippen molar-refractivity contribution in [3.05, 3.63) is 28.7 Å². The second-order valence-corrected chi connectivity index (χ2v) is 5.60. The van der Waals surface area contributed by atoms with E-state index in [0.29, 0.717) is 12.6 Å². The summed E-state index contributed by atoms with van der Waals surface area (Å²) in [5.74, 6) is -0.0488. The average Bonchev–Trinajstić information content (AvgIpc) is 2.94. The molecule has 0 aliphatic carbocycles. The fraction of sp³-hybridized carbons (Fsp3) is 0.385. The summed E-state index contributed by atoms with van der Waals surface area (Å²) in [6, 6.07) is 2.27. The predicted octanol–water partition coefficient (Wildman–Crippen LogP) is 3.10. The van der Waals surface area contributed by atoms with Crippen molar-refractivity contribution in [2.75, 3.05) is 10.6 Å². The third-order valence-electron chi connectivity index (χ3n) is 2.64. The van der Waals surface area contributed by atoms with Crippen LogP contribution in [0.25, 0.3) is 0 Å². The molecule has 5 nitrogen and oxygen atoms in total. The highest BCUT2D eigenvalue weighted by Gasteiger charge is 2.06. The van der Waals surface area contributed by atoms with E-state index in [4.69, 9.17) is 0 Å². The van der Waals surface area contributed by atoms with Crippen LogP contribution in [0.2, 0.25) is 0 Å². The molecule has 0 spiro atoms. The molecule has 0 aliphatic heterocycles. The first-order valence-electron chi connectivity index (χ1n) is 6.18. The Morgan fingerprint density at radius 2 is 2.32 bits per heavy atom. The second kappa shape index (κ2) is 5.88. The summed E-state index contributed by atoms with van der Waals surface area (Å²) >= 11 is 1.62. The van der Waals surface area contributed by atoms with Crippen molar-refractivity contribution >= 4 is 28.6 Å². The van der Waals surface area contributed by atoms with Gasteiger partial charge in [0.1, 0.15) is 0 Å². The average molecular weight is 278 g/mol. The minimum atomic E-state index is -0.0488. The van der Waals surface area contributed by atoms with Gasteiger partial charge in [0.15, 0.2) is 0 Å². The second-order valence-electron chi connectivity index (χ2n) is 4.59. The minimum absolute atomic E-state index is 0.0488. The molecule has 0 unspecified atom stereocenters. The Kier molecular flexibility index (Phi) is 4.21. The summed E-state index contributed by atoms with van der Waals surface area (Å²) in [5.41, 5.74) is 1.86. The number of hydrogen-bond donors (Lipinski definition) is 2. The zero-order valence-electron chi connectivity index (χ0n) is 11.3. The smallest absolute Gasteiger partial charge is 0.221 e. The fourth-order valence-corrected chi connectivity index (χ4v) is 2.44. The molecule has 0 saturated carbocycles. The maximum atomic E-state index is 11.1. The predicted molar refractivity (Wildman–Crippen MR) is 78.6 cm³/mol. The zero-order valence-corrected chi connectivity index (χ0v) is 12.1. The molecule has 2 rings (SSSR count). The highest BCUT2D eigenvalue weighted by Crippen LogP contribution is 2.23. The number of hydrogen-bond acceptors (Lipinski definition) is 4. The van der Waals surface area contributed by atoms with Crippen molar-refractivity contribution in [3.8, 4) is 0 Å². The molecule has 2 heterocycles. The van der Waals surface area contributed by atoms with Crippen molar-refractivity contribution in [2.45, 2.75) is 33.4 Å². The van der Waals surface area contributed by atoms with Crippen LogP contribution < -0.4 is 10.6 Å². The Bertz CT molecular complexity index is 558. The van der Waals surface area contributed by atoms with Crippen LogP contribution >= 0.6 is 11.3 Å². The minimum Gasteiger partial charge on any atom is -0.378 e. The quantitative estimate of drug-likeness (QED) is 0.883. The zero-order chi connectivity index (χ0) is 13.8. The summed E-state index contributed by atoms with van der Waals surface area (Å²) in [4.78, 5) is 12.2. The molecule has 2 N–H and O–H groups in total. The van der Waals surface area contributed by atoms with Crippen LogP contribution in [0, 0.1) is 0 Å². The molecule has 0 atom stereocenters. The van der Waals surface area contributed by atoms with Crippen molar-refractivity contribution in [2.24, 2.45) is 0 Å². The Morgan fingerprint density at radius 3 is 2.95 bits per heavy atom. The van der Waals surface area contributed by atoms with Gasteiger partial charge in [0, 0.05) is 24.0 Å². The number of aromatic nitrogens is 2. The number of nitrogens with one attached hydrogen (secondary N) is 2. The van der Waals surface area contributed by atoms with Crippen molar-refractivity contribution in [1.82, 2.24) is 9.78 Å². The van der Waals surface area contributed by atoms with Gasteiger partial charge in [0.05, 0.1) is 24.1 Å². The van der Waals surface area contributed by atoms with Gasteiger partial charge in [-0.2, -0.15) is 5.10 Å². The van der Waals surface area contributed by atoms with E-state index < -0.39 is 0 Å². The van der Waals surface area contributed by atoms with Gasteiger partial charge < -0.3 is 10.6 Å². The number of amides is 1. The lowest BCUT2D eigenvalue weighted by molar-refractivity contribution is -0.114. The molecule has 2 aromatic heterocycles. The van der Waals surface area contributed by atoms with Crippen LogP contribution in [0.3, 0.4) is 0 Å². The van der Waals surface area contributed by atoms with Gasteiger partial charge in [-0.05, 0) is 25.3 Å². The van der Waals surface area contributed by atoms with Crippen LogP contribution in [-0.4, -0.2) is 15.7 Å². The molecule has 0 radical (unpaired) electrons. The van der Waals surface area contributed by atoms with Gasteiger partial charge in [-0.25, -0.2) is 0 Å². The van der Waals surface area contributed by atoms with Crippen molar-refractivity contribution < 1.29 is 4.79 Å². The largest absolute Gasteiger partial charge is 0.378 e. The monoisotopic (exact) mass is 278 g/mol. The molecule has 0 fully saturated rings. The van der Waals surface area contributed by atoms with E-state index >= 15 is 0 Å². The number of rotatable bonds is 5.